The Hall–Kier alpha value is -1.35. The summed E-state index contributed by atoms with van der Waals surface area (Å²) in [6, 6.07) is 6.30. The van der Waals surface area contributed by atoms with E-state index in [0.717, 1.165) is 23.3 Å². The zero-order chi connectivity index (χ0) is 10.8. The molecular formula is C12H17N3. The molecule has 0 unspecified atom stereocenters. The maximum absolute atomic E-state index is 5.53. The number of hydrogen-bond donors (Lipinski definition) is 2. The minimum atomic E-state index is 0.440. The molecule has 80 valence electrons. The van der Waals surface area contributed by atoms with Crippen molar-refractivity contribution in [2.24, 2.45) is 5.73 Å². The van der Waals surface area contributed by atoms with E-state index < -0.39 is 0 Å². The van der Waals surface area contributed by atoms with E-state index >= 15 is 0 Å². The first-order valence-electron chi connectivity index (χ1n) is 5.39. The Bertz CT molecular complexity index is 457. The second kappa shape index (κ2) is 4.03. The number of nitrogens with zero attached hydrogens (tertiary/aromatic N) is 1. The van der Waals surface area contributed by atoms with Gasteiger partial charge in [-0.05, 0) is 30.7 Å². The molecule has 0 atom stereocenters. The Kier molecular flexibility index (Phi) is 2.73. The second-order valence-electron chi connectivity index (χ2n) is 4.17. The molecule has 15 heavy (non-hydrogen) atoms. The lowest BCUT2D eigenvalue weighted by Gasteiger charge is -1.97. The Labute approximate surface area is 89.7 Å². The molecule has 1 aromatic carbocycles. The average molecular weight is 203 g/mol. The first kappa shape index (κ1) is 10.2. The van der Waals surface area contributed by atoms with Crippen LogP contribution in [0.15, 0.2) is 18.2 Å². The van der Waals surface area contributed by atoms with Crippen LogP contribution < -0.4 is 5.73 Å². The van der Waals surface area contributed by atoms with Gasteiger partial charge in [-0.2, -0.15) is 0 Å². The average Bonchev–Trinajstić information content (AvgIpc) is 2.61. The molecule has 0 fully saturated rings. The van der Waals surface area contributed by atoms with Crippen molar-refractivity contribution in [3.8, 4) is 0 Å². The molecule has 0 amide bonds. The van der Waals surface area contributed by atoms with Crippen molar-refractivity contribution in [2.45, 2.75) is 26.2 Å². The number of hydrogen-bond acceptors (Lipinski definition) is 2. The lowest BCUT2D eigenvalue weighted by molar-refractivity contribution is 0.799. The fourth-order valence-electron chi connectivity index (χ4n) is 1.67. The highest BCUT2D eigenvalue weighted by Gasteiger charge is 2.06. The van der Waals surface area contributed by atoms with Crippen LogP contribution in [-0.2, 0) is 6.42 Å². The summed E-state index contributed by atoms with van der Waals surface area (Å²) in [5, 5.41) is 0. The van der Waals surface area contributed by atoms with Crippen LogP contribution in [0.1, 0.15) is 31.2 Å². The summed E-state index contributed by atoms with van der Waals surface area (Å²) in [6.45, 7) is 4.97. The van der Waals surface area contributed by atoms with Crippen LogP contribution in [0.5, 0.6) is 0 Å². The van der Waals surface area contributed by atoms with Gasteiger partial charge < -0.3 is 10.7 Å². The van der Waals surface area contributed by atoms with E-state index in [1.165, 1.54) is 5.56 Å². The molecule has 0 saturated heterocycles. The summed E-state index contributed by atoms with van der Waals surface area (Å²) in [7, 11) is 0. The van der Waals surface area contributed by atoms with Crippen molar-refractivity contribution in [3.63, 3.8) is 0 Å². The molecule has 1 aromatic heterocycles. The third kappa shape index (κ3) is 2.02. The third-order valence-electron chi connectivity index (χ3n) is 2.54. The monoisotopic (exact) mass is 203 g/mol. The summed E-state index contributed by atoms with van der Waals surface area (Å²) in [5.41, 5.74) is 8.96. The van der Waals surface area contributed by atoms with Gasteiger partial charge in [0.05, 0.1) is 11.0 Å². The third-order valence-corrected chi connectivity index (χ3v) is 2.54. The van der Waals surface area contributed by atoms with Crippen LogP contribution in [0.2, 0.25) is 0 Å². The number of rotatable bonds is 3. The Balaban J connectivity index is 2.43. The molecule has 0 bridgehead atoms. The van der Waals surface area contributed by atoms with Gasteiger partial charge in [-0.3, -0.25) is 0 Å². The van der Waals surface area contributed by atoms with Gasteiger partial charge in [-0.1, -0.05) is 19.9 Å². The Morgan fingerprint density at radius 1 is 1.40 bits per heavy atom. The number of benzene rings is 1. The molecule has 2 rings (SSSR count). The lowest BCUT2D eigenvalue weighted by atomic mass is 10.1. The predicted octanol–water partition coefficient (Wildman–Crippen LogP) is 2.19. The zero-order valence-electron chi connectivity index (χ0n) is 9.25. The second-order valence-corrected chi connectivity index (χ2v) is 4.17. The molecule has 1 heterocycles. The van der Waals surface area contributed by atoms with Crippen LogP contribution in [0.3, 0.4) is 0 Å². The predicted molar refractivity (Wildman–Crippen MR) is 62.9 cm³/mol. The number of nitrogens with two attached hydrogens (primary N) is 1. The van der Waals surface area contributed by atoms with Gasteiger partial charge in [0.15, 0.2) is 0 Å². The first-order valence-corrected chi connectivity index (χ1v) is 5.39. The largest absolute Gasteiger partial charge is 0.342 e. The van der Waals surface area contributed by atoms with Crippen molar-refractivity contribution >= 4 is 11.0 Å². The molecule has 3 N–H and O–H groups in total. The molecule has 2 aromatic rings. The van der Waals surface area contributed by atoms with Gasteiger partial charge >= 0.3 is 0 Å². The van der Waals surface area contributed by atoms with Crippen molar-refractivity contribution in [1.82, 2.24) is 9.97 Å². The van der Waals surface area contributed by atoms with Gasteiger partial charge in [-0.25, -0.2) is 4.98 Å². The van der Waals surface area contributed by atoms with E-state index in [1.807, 2.05) is 0 Å². The van der Waals surface area contributed by atoms with E-state index in [-0.39, 0.29) is 0 Å². The Morgan fingerprint density at radius 2 is 2.20 bits per heavy atom. The fourth-order valence-corrected chi connectivity index (χ4v) is 1.67. The number of H-pyrrole nitrogens is 1. The smallest absolute Gasteiger partial charge is 0.109 e. The summed E-state index contributed by atoms with van der Waals surface area (Å²) in [6.07, 6.45) is 0.923. The van der Waals surface area contributed by atoms with Crippen LogP contribution in [0.25, 0.3) is 11.0 Å². The van der Waals surface area contributed by atoms with E-state index in [4.69, 9.17) is 5.73 Å². The Morgan fingerprint density at radius 3 is 2.87 bits per heavy atom. The number of fused-ring (bicyclic) bond motifs is 1. The van der Waals surface area contributed by atoms with Gasteiger partial charge in [0, 0.05) is 5.92 Å². The van der Waals surface area contributed by atoms with E-state index in [1.54, 1.807) is 0 Å². The molecular weight excluding hydrogens is 186 g/mol. The first-order chi connectivity index (χ1) is 7.20. The standard InChI is InChI=1S/C12H17N3/c1-8(2)12-14-10-4-3-9(5-6-13)7-11(10)15-12/h3-4,7-8H,5-6,13H2,1-2H3,(H,14,15). The van der Waals surface area contributed by atoms with Gasteiger partial charge in [0.25, 0.3) is 0 Å². The highest BCUT2D eigenvalue weighted by Crippen LogP contribution is 2.18. The van der Waals surface area contributed by atoms with Crippen molar-refractivity contribution in [1.29, 1.82) is 0 Å². The maximum Gasteiger partial charge on any atom is 0.109 e. The van der Waals surface area contributed by atoms with Crippen LogP contribution in [-0.4, -0.2) is 16.5 Å². The highest BCUT2D eigenvalue weighted by molar-refractivity contribution is 5.76. The van der Waals surface area contributed by atoms with Gasteiger partial charge in [0.1, 0.15) is 5.82 Å². The van der Waals surface area contributed by atoms with Crippen LogP contribution in [0, 0.1) is 0 Å². The van der Waals surface area contributed by atoms with E-state index in [9.17, 15) is 0 Å². The molecule has 0 aliphatic carbocycles. The van der Waals surface area contributed by atoms with Crippen LogP contribution >= 0.6 is 0 Å². The molecule has 0 aliphatic rings. The summed E-state index contributed by atoms with van der Waals surface area (Å²) < 4.78 is 0. The molecule has 3 nitrogen and oxygen atoms in total. The number of aromatic amines is 1. The number of nitrogens with one attached hydrogen (secondary N) is 1. The van der Waals surface area contributed by atoms with Gasteiger partial charge in [-0.15, -0.1) is 0 Å². The van der Waals surface area contributed by atoms with Gasteiger partial charge in [0.2, 0.25) is 0 Å². The van der Waals surface area contributed by atoms with Crippen molar-refractivity contribution in [3.05, 3.63) is 29.6 Å². The highest BCUT2D eigenvalue weighted by atomic mass is 14.9. The fraction of sp³-hybridized carbons (Fsp3) is 0.417. The van der Waals surface area contributed by atoms with Crippen LogP contribution in [0.4, 0.5) is 0 Å². The SMILES string of the molecule is CC(C)c1nc2ccc(CCN)cc2[nH]1. The number of imidazole rings is 1. The van der Waals surface area contributed by atoms with Crippen molar-refractivity contribution < 1.29 is 0 Å². The summed E-state index contributed by atoms with van der Waals surface area (Å²) >= 11 is 0. The maximum atomic E-state index is 5.53. The molecule has 0 spiro atoms. The summed E-state index contributed by atoms with van der Waals surface area (Å²) in [4.78, 5) is 7.87. The van der Waals surface area contributed by atoms with E-state index in [0.29, 0.717) is 12.5 Å². The normalized spacial score (nSPS) is 11.5. The molecule has 3 heteroatoms. The topological polar surface area (TPSA) is 54.7 Å². The minimum Gasteiger partial charge on any atom is -0.342 e. The van der Waals surface area contributed by atoms with Crippen molar-refractivity contribution in [2.75, 3.05) is 6.54 Å². The molecule has 0 aliphatic heterocycles. The zero-order valence-corrected chi connectivity index (χ0v) is 9.25. The van der Waals surface area contributed by atoms with E-state index in [2.05, 4.69) is 42.0 Å². The minimum absolute atomic E-state index is 0.440. The molecule has 0 saturated carbocycles. The summed E-state index contributed by atoms with van der Waals surface area (Å²) in [5.74, 6) is 1.49. The number of aromatic nitrogens is 2. The lowest BCUT2D eigenvalue weighted by Crippen LogP contribution is -2.02. The molecule has 0 radical (unpaired) electrons. The quantitative estimate of drug-likeness (QED) is 0.803.